The number of carbonyl (C=O) groups is 2. The lowest BCUT2D eigenvalue weighted by Gasteiger charge is -2.02. The van der Waals surface area contributed by atoms with Crippen LogP contribution in [0.2, 0.25) is 0 Å². The number of fused-ring (bicyclic) bond motifs is 2. The molecule has 0 fully saturated rings. The van der Waals surface area contributed by atoms with Crippen LogP contribution in [-0.4, -0.2) is 18.5 Å². The number of thiophene rings is 1. The summed E-state index contributed by atoms with van der Waals surface area (Å²) in [4.78, 5) is 24.8. The van der Waals surface area contributed by atoms with E-state index in [4.69, 9.17) is 9.15 Å². The summed E-state index contributed by atoms with van der Waals surface area (Å²) in [6, 6.07) is 16.5. The van der Waals surface area contributed by atoms with Crippen LogP contribution in [0.5, 0.6) is 0 Å². The van der Waals surface area contributed by atoms with E-state index in [9.17, 15) is 9.59 Å². The molecule has 0 atom stereocenters. The SMILES string of the molecule is CCOC(=O)c1cc2cc(NC(=O)c3cc4ccccc4o3)ccc2s1. The summed E-state index contributed by atoms with van der Waals surface area (Å²) >= 11 is 1.37. The van der Waals surface area contributed by atoms with E-state index in [2.05, 4.69) is 5.32 Å². The Morgan fingerprint density at radius 2 is 1.92 bits per heavy atom. The number of esters is 1. The second-order valence-electron chi connectivity index (χ2n) is 5.69. The van der Waals surface area contributed by atoms with E-state index in [1.807, 2.05) is 36.4 Å². The zero-order chi connectivity index (χ0) is 18.1. The normalized spacial score (nSPS) is 11.0. The maximum atomic E-state index is 12.4. The third-order valence-corrected chi connectivity index (χ3v) is 5.00. The van der Waals surface area contributed by atoms with Crippen molar-refractivity contribution in [3.05, 3.63) is 65.2 Å². The second-order valence-corrected chi connectivity index (χ2v) is 6.77. The summed E-state index contributed by atoms with van der Waals surface area (Å²) in [6.45, 7) is 2.11. The first kappa shape index (κ1) is 16.4. The molecular formula is C20H15NO4S. The van der Waals surface area contributed by atoms with Crippen LogP contribution >= 0.6 is 11.3 Å². The van der Waals surface area contributed by atoms with Crippen molar-refractivity contribution in [2.24, 2.45) is 0 Å². The lowest BCUT2D eigenvalue weighted by molar-refractivity contribution is 0.0532. The molecule has 1 amide bonds. The molecule has 6 heteroatoms. The van der Waals surface area contributed by atoms with Gasteiger partial charge in [-0.05, 0) is 48.7 Å². The molecule has 0 aliphatic rings. The molecule has 0 radical (unpaired) electrons. The van der Waals surface area contributed by atoms with Crippen LogP contribution in [0.25, 0.3) is 21.1 Å². The average molecular weight is 365 g/mol. The number of hydrogen-bond donors (Lipinski definition) is 1. The standard InChI is InChI=1S/C20H15NO4S/c1-2-24-20(23)18-11-13-9-14(7-8-17(13)26-18)21-19(22)16-10-12-5-3-4-6-15(12)25-16/h3-11H,2H2,1H3,(H,21,22). The smallest absolute Gasteiger partial charge is 0.348 e. The van der Waals surface area contributed by atoms with Crippen LogP contribution in [-0.2, 0) is 4.74 Å². The molecule has 1 N–H and O–H groups in total. The minimum Gasteiger partial charge on any atom is -0.462 e. The van der Waals surface area contributed by atoms with E-state index in [1.165, 1.54) is 11.3 Å². The van der Waals surface area contributed by atoms with Gasteiger partial charge in [0.15, 0.2) is 5.76 Å². The van der Waals surface area contributed by atoms with E-state index in [-0.39, 0.29) is 17.6 Å². The van der Waals surface area contributed by atoms with Crippen molar-refractivity contribution in [3.8, 4) is 0 Å². The van der Waals surface area contributed by atoms with Gasteiger partial charge in [0.25, 0.3) is 5.91 Å². The van der Waals surface area contributed by atoms with Crippen molar-refractivity contribution in [1.29, 1.82) is 0 Å². The van der Waals surface area contributed by atoms with Crippen LogP contribution in [0.3, 0.4) is 0 Å². The van der Waals surface area contributed by atoms with E-state index < -0.39 is 0 Å². The van der Waals surface area contributed by atoms with Crippen molar-refractivity contribution in [3.63, 3.8) is 0 Å². The summed E-state index contributed by atoms with van der Waals surface area (Å²) in [5, 5.41) is 4.59. The lowest BCUT2D eigenvalue weighted by Crippen LogP contribution is -2.10. The molecule has 0 saturated heterocycles. The maximum Gasteiger partial charge on any atom is 0.348 e. The summed E-state index contributed by atoms with van der Waals surface area (Å²) in [5.41, 5.74) is 1.31. The highest BCUT2D eigenvalue weighted by Gasteiger charge is 2.14. The van der Waals surface area contributed by atoms with E-state index >= 15 is 0 Å². The van der Waals surface area contributed by atoms with Crippen molar-refractivity contribution in [2.75, 3.05) is 11.9 Å². The van der Waals surface area contributed by atoms with E-state index in [0.29, 0.717) is 22.8 Å². The van der Waals surface area contributed by atoms with Crippen molar-refractivity contribution in [1.82, 2.24) is 0 Å². The number of benzene rings is 2. The Kier molecular flexibility index (Phi) is 4.18. The predicted molar refractivity (Wildman–Crippen MR) is 102 cm³/mol. The Balaban J connectivity index is 1.58. The number of carbonyl (C=O) groups excluding carboxylic acids is 2. The fourth-order valence-corrected chi connectivity index (χ4v) is 3.65. The second kappa shape index (κ2) is 6.65. The van der Waals surface area contributed by atoms with Crippen LogP contribution in [0.1, 0.15) is 27.2 Å². The predicted octanol–water partition coefficient (Wildman–Crippen LogP) is 5.08. The van der Waals surface area contributed by atoms with Crippen LogP contribution in [0.4, 0.5) is 5.69 Å². The summed E-state index contributed by atoms with van der Waals surface area (Å²) in [6.07, 6.45) is 0. The molecule has 0 unspecified atom stereocenters. The van der Waals surface area contributed by atoms with Gasteiger partial charge in [-0.15, -0.1) is 11.3 Å². The van der Waals surface area contributed by atoms with Crippen molar-refractivity contribution >= 4 is 50.0 Å². The highest BCUT2D eigenvalue weighted by atomic mass is 32.1. The maximum absolute atomic E-state index is 12.4. The Labute approximate surface area is 153 Å². The number of hydrogen-bond acceptors (Lipinski definition) is 5. The van der Waals surface area contributed by atoms with Gasteiger partial charge in [0.1, 0.15) is 10.5 Å². The van der Waals surface area contributed by atoms with Gasteiger partial charge >= 0.3 is 5.97 Å². The molecule has 2 aromatic heterocycles. The van der Waals surface area contributed by atoms with Crippen LogP contribution in [0.15, 0.2) is 59.0 Å². The molecule has 130 valence electrons. The highest BCUT2D eigenvalue weighted by Crippen LogP contribution is 2.29. The zero-order valence-corrected chi connectivity index (χ0v) is 14.8. The molecule has 5 nitrogen and oxygen atoms in total. The van der Waals surface area contributed by atoms with E-state index in [0.717, 1.165) is 15.5 Å². The summed E-state index contributed by atoms with van der Waals surface area (Å²) in [5.74, 6) is -0.396. The molecule has 0 spiro atoms. The number of furan rings is 1. The first-order chi connectivity index (χ1) is 12.6. The molecule has 0 aliphatic carbocycles. The number of anilines is 1. The molecule has 2 heterocycles. The molecule has 4 rings (SSSR count). The Morgan fingerprint density at radius 1 is 1.08 bits per heavy atom. The van der Waals surface area contributed by atoms with Gasteiger partial charge in [-0.1, -0.05) is 18.2 Å². The van der Waals surface area contributed by atoms with Gasteiger partial charge in [-0.2, -0.15) is 0 Å². The number of rotatable bonds is 4. The average Bonchev–Trinajstić information content (AvgIpc) is 3.25. The Bertz CT molecular complexity index is 1090. The van der Waals surface area contributed by atoms with Gasteiger partial charge in [-0.3, -0.25) is 4.79 Å². The first-order valence-corrected chi connectivity index (χ1v) is 8.96. The largest absolute Gasteiger partial charge is 0.462 e. The molecule has 26 heavy (non-hydrogen) atoms. The summed E-state index contributed by atoms with van der Waals surface area (Å²) < 4.78 is 11.6. The van der Waals surface area contributed by atoms with Crippen molar-refractivity contribution in [2.45, 2.75) is 6.92 Å². The quantitative estimate of drug-likeness (QED) is 0.512. The first-order valence-electron chi connectivity index (χ1n) is 8.14. The molecule has 2 aromatic carbocycles. The molecule has 0 aliphatic heterocycles. The molecule has 4 aromatic rings. The number of para-hydroxylation sites is 1. The zero-order valence-electron chi connectivity index (χ0n) is 13.9. The fourth-order valence-electron chi connectivity index (χ4n) is 2.71. The number of amides is 1. The third kappa shape index (κ3) is 3.07. The molecule has 0 saturated carbocycles. The molecular weight excluding hydrogens is 350 g/mol. The minimum atomic E-state index is -0.332. The van der Waals surface area contributed by atoms with Gasteiger partial charge in [0.05, 0.1) is 6.61 Å². The fraction of sp³-hybridized carbons (Fsp3) is 0.100. The lowest BCUT2D eigenvalue weighted by atomic mass is 10.2. The number of ether oxygens (including phenoxy) is 1. The van der Waals surface area contributed by atoms with Crippen LogP contribution in [0, 0.1) is 0 Å². The topological polar surface area (TPSA) is 68.5 Å². The third-order valence-electron chi connectivity index (χ3n) is 3.90. The van der Waals surface area contributed by atoms with Gasteiger partial charge in [0, 0.05) is 15.8 Å². The number of nitrogens with one attached hydrogen (secondary N) is 1. The Hall–Kier alpha value is -3.12. The van der Waals surface area contributed by atoms with Gasteiger partial charge in [-0.25, -0.2) is 4.79 Å². The minimum absolute atomic E-state index is 0.254. The van der Waals surface area contributed by atoms with Crippen molar-refractivity contribution < 1.29 is 18.7 Å². The van der Waals surface area contributed by atoms with Gasteiger partial charge in [0.2, 0.25) is 0 Å². The highest BCUT2D eigenvalue weighted by molar-refractivity contribution is 7.20. The monoisotopic (exact) mass is 365 g/mol. The van der Waals surface area contributed by atoms with Crippen LogP contribution < -0.4 is 5.32 Å². The Morgan fingerprint density at radius 3 is 2.73 bits per heavy atom. The van der Waals surface area contributed by atoms with Gasteiger partial charge < -0.3 is 14.5 Å². The van der Waals surface area contributed by atoms with E-state index in [1.54, 1.807) is 25.1 Å². The summed E-state index contributed by atoms with van der Waals surface area (Å²) in [7, 11) is 0. The molecule has 0 bridgehead atoms.